The zero-order chi connectivity index (χ0) is 14.2. The molecule has 0 bridgehead atoms. The molecule has 0 radical (unpaired) electrons. The lowest BCUT2D eigenvalue weighted by atomic mass is 10.0. The van der Waals surface area contributed by atoms with Gasteiger partial charge >= 0.3 is 0 Å². The molecule has 0 atom stereocenters. The maximum absolute atomic E-state index is 11.5. The standard InChI is InChI=1S/C16H25N3O/c1-2-10-17-16(20)13-18-14-8-11-19(12-9-14)15-6-4-3-5-7-15/h3-7,14,18H,2,8-13H2,1H3,(H,17,20). The van der Waals surface area contributed by atoms with Gasteiger partial charge in [0.2, 0.25) is 5.91 Å². The Morgan fingerprint density at radius 3 is 2.60 bits per heavy atom. The molecule has 2 N–H and O–H groups in total. The van der Waals surface area contributed by atoms with E-state index in [1.54, 1.807) is 0 Å². The van der Waals surface area contributed by atoms with E-state index < -0.39 is 0 Å². The van der Waals surface area contributed by atoms with Crippen molar-refractivity contribution in [1.29, 1.82) is 0 Å². The van der Waals surface area contributed by atoms with Gasteiger partial charge in [-0.05, 0) is 31.4 Å². The minimum absolute atomic E-state index is 0.109. The van der Waals surface area contributed by atoms with Crippen LogP contribution in [0, 0.1) is 0 Å². The highest BCUT2D eigenvalue weighted by Crippen LogP contribution is 2.19. The Balaban J connectivity index is 1.68. The predicted octanol–water partition coefficient (Wildman–Crippen LogP) is 1.77. The van der Waals surface area contributed by atoms with Crippen LogP contribution in [0.2, 0.25) is 0 Å². The lowest BCUT2D eigenvalue weighted by Gasteiger charge is -2.34. The van der Waals surface area contributed by atoms with Crippen molar-refractivity contribution < 1.29 is 4.79 Å². The summed E-state index contributed by atoms with van der Waals surface area (Å²) in [5, 5.41) is 6.26. The van der Waals surface area contributed by atoms with Gasteiger partial charge in [-0.15, -0.1) is 0 Å². The van der Waals surface area contributed by atoms with Crippen molar-refractivity contribution in [1.82, 2.24) is 10.6 Å². The van der Waals surface area contributed by atoms with Crippen LogP contribution in [0.15, 0.2) is 30.3 Å². The first-order valence-electron chi connectivity index (χ1n) is 7.59. The number of carbonyl (C=O) groups excluding carboxylic acids is 1. The molecule has 1 aliphatic heterocycles. The summed E-state index contributed by atoms with van der Waals surface area (Å²) >= 11 is 0. The molecular weight excluding hydrogens is 250 g/mol. The monoisotopic (exact) mass is 275 g/mol. The first-order chi connectivity index (χ1) is 9.79. The molecule has 4 heteroatoms. The molecule has 20 heavy (non-hydrogen) atoms. The Labute approximate surface area is 121 Å². The Bertz CT molecular complexity index is 399. The highest BCUT2D eigenvalue weighted by molar-refractivity contribution is 5.77. The van der Waals surface area contributed by atoms with Crippen molar-refractivity contribution in [3.05, 3.63) is 30.3 Å². The largest absolute Gasteiger partial charge is 0.371 e. The maximum atomic E-state index is 11.5. The highest BCUT2D eigenvalue weighted by atomic mass is 16.1. The minimum Gasteiger partial charge on any atom is -0.371 e. The molecule has 0 unspecified atom stereocenters. The fourth-order valence-corrected chi connectivity index (χ4v) is 2.54. The summed E-state index contributed by atoms with van der Waals surface area (Å²) in [6.07, 6.45) is 3.17. The predicted molar refractivity (Wildman–Crippen MR) is 83.0 cm³/mol. The van der Waals surface area contributed by atoms with E-state index in [4.69, 9.17) is 0 Å². The molecule has 1 aliphatic rings. The number of hydrogen-bond acceptors (Lipinski definition) is 3. The molecule has 1 heterocycles. The molecule has 110 valence electrons. The lowest BCUT2D eigenvalue weighted by molar-refractivity contribution is -0.120. The third kappa shape index (κ3) is 4.53. The van der Waals surface area contributed by atoms with Crippen molar-refractivity contribution in [2.75, 3.05) is 31.1 Å². The molecule has 1 aromatic rings. The van der Waals surface area contributed by atoms with Gasteiger partial charge in [-0.2, -0.15) is 0 Å². The van der Waals surface area contributed by atoms with Crippen LogP contribution in [-0.2, 0) is 4.79 Å². The average Bonchev–Trinajstić information content (AvgIpc) is 2.52. The van der Waals surface area contributed by atoms with Gasteiger partial charge in [0.05, 0.1) is 6.54 Å². The molecule has 1 amide bonds. The third-order valence-electron chi connectivity index (χ3n) is 3.74. The van der Waals surface area contributed by atoms with Crippen LogP contribution in [0.4, 0.5) is 5.69 Å². The number of para-hydroxylation sites is 1. The van der Waals surface area contributed by atoms with Crippen LogP contribution in [0.1, 0.15) is 26.2 Å². The van der Waals surface area contributed by atoms with E-state index in [1.165, 1.54) is 5.69 Å². The summed E-state index contributed by atoms with van der Waals surface area (Å²) in [5.74, 6) is 0.109. The van der Waals surface area contributed by atoms with E-state index in [-0.39, 0.29) is 5.91 Å². The van der Waals surface area contributed by atoms with E-state index in [0.717, 1.165) is 38.9 Å². The van der Waals surface area contributed by atoms with E-state index in [0.29, 0.717) is 12.6 Å². The van der Waals surface area contributed by atoms with Gasteiger partial charge in [-0.3, -0.25) is 4.79 Å². The van der Waals surface area contributed by atoms with Gasteiger partial charge < -0.3 is 15.5 Å². The van der Waals surface area contributed by atoms with Gasteiger partial charge in [0, 0.05) is 31.4 Å². The zero-order valence-corrected chi connectivity index (χ0v) is 12.3. The molecule has 1 fully saturated rings. The number of amides is 1. The van der Waals surface area contributed by atoms with Crippen LogP contribution in [-0.4, -0.2) is 38.1 Å². The minimum atomic E-state index is 0.109. The summed E-state index contributed by atoms with van der Waals surface area (Å²) in [5.41, 5.74) is 1.30. The number of rotatable bonds is 6. The molecule has 0 saturated carbocycles. The number of anilines is 1. The summed E-state index contributed by atoms with van der Waals surface area (Å²) < 4.78 is 0. The summed E-state index contributed by atoms with van der Waals surface area (Å²) in [7, 11) is 0. The molecule has 1 saturated heterocycles. The average molecular weight is 275 g/mol. The van der Waals surface area contributed by atoms with Gasteiger partial charge in [0.1, 0.15) is 0 Å². The molecule has 4 nitrogen and oxygen atoms in total. The second kappa shape index (κ2) is 7.90. The number of nitrogens with zero attached hydrogens (tertiary/aromatic N) is 1. The topological polar surface area (TPSA) is 44.4 Å². The Morgan fingerprint density at radius 2 is 1.95 bits per heavy atom. The van der Waals surface area contributed by atoms with Crippen molar-refractivity contribution >= 4 is 11.6 Å². The number of piperidine rings is 1. The normalized spacial score (nSPS) is 16.1. The summed E-state index contributed by atoms with van der Waals surface area (Å²) in [6, 6.07) is 11.0. The lowest BCUT2D eigenvalue weighted by Crippen LogP contribution is -2.45. The Kier molecular flexibility index (Phi) is 5.87. The number of nitrogens with one attached hydrogen (secondary N) is 2. The Morgan fingerprint density at radius 1 is 1.25 bits per heavy atom. The van der Waals surface area contributed by atoms with Gasteiger partial charge in [0.25, 0.3) is 0 Å². The SMILES string of the molecule is CCCNC(=O)CNC1CCN(c2ccccc2)CC1. The number of hydrogen-bond donors (Lipinski definition) is 2. The van der Waals surface area contributed by atoms with E-state index >= 15 is 0 Å². The van der Waals surface area contributed by atoms with Crippen molar-refractivity contribution in [3.8, 4) is 0 Å². The smallest absolute Gasteiger partial charge is 0.233 e. The first-order valence-corrected chi connectivity index (χ1v) is 7.59. The van der Waals surface area contributed by atoms with Gasteiger partial charge in [0.15, 0.2) is 0 Å². The van der Waals surface area contributed by atoms with Crippen LogP contribution < -0.4 is 15.5 Å². The van der Waals surface area contributed by atoms with E-state index in [2.05, 4.69) is 46.7 Å². The van der Waals surface area contributed by atoms with E-state index in [1.807, 2.05) is 6.07 Å². The molecule has 1 aromatic carbocycles. The van der Waals surface area contributed by atoms with Gasteiger partial charge in [-0.1, -0.05) is 25.1 Å². The number of carbonyl (C=O) groups is 1. The van der Waals surface area contributed by atoms with Crippen LogP contribution >= 0.6 is 0 Å². The molecule has 0 aliphatic carbocycles. The fourth-order valence-electron chi connectivity index (χ4n) is 2.54. The second-order valence-electron chi connectivity index (χ2n) is 5.33. The first kappa shape index (κ1) is 14.9. The van der Waals surface area contributed by atoms with Crippen LogP contribution in [0.5, 0.6) is 0 Å². The molecule has 0 spiro atoms. The second-order valence-corrected chi connectivity index (χ2v) is 5.33. The van der Waals surface area contributed by atoms with Crippen LogP contribution in [0.3, 0.4) is 0 Å². The van der Waals surface area contributed by atoms with E-state index in [9.17, 15) is 4.79 Å². The quantitative estimate of drug-likeness (QED) is 0.831. The van der Waals surface area contributed by atoms with Crippen molar-refractivity contribution in [2.45, 2.75) is 32.2 Å². The van der Waals surface area contributed by atoms with Crippen molar-refractivity contribution in [3.63, 3.8) is 0 Å². The number of benzene rings is 1. The molecule has 0 aromatic heterocycles. The molecule has 2 rings (SSSR count). The summed E-state index contributed by atoms with van der Waals surface area (Å²) in [4.78, 5) is 14.0. The molecular formula is C16H25N3O. The van der Waals surface area contributed by atoms with Crippen molar-refractivity contribution in [2.24, 2.45) is 0 Å². The Hall–Kier alpha value is -1.55. The van der Waals surface area contributed by atoms with Gasteiger partial charge in [-0.25, -0.2) is 0 Å². The highest BCUT2D eigenvalue weighted by Gasteiger charge is 2.19. The fraction of sp³-hybridized carbons (Fsp3) is 0.562. The summed E-state index contributed by atoms with van der Waals surface area (Å²) in [6.45, 7) is 5.38. The zero-order valence-electron chi connectivity index (χ0n) is 12.3. The van der Waals surface area contributed by atoms with Crippen LogP contribution in [0.25, 0.3) is 0 Å². The third-order valence-corrected chi connectivity index (χ3v) is 3.74. The maximum Gasteiger partial charge on any atom is 0.233 e.